The number of amidine groups is 1. The molecule has 1 aromatic heterocycles. The van der Waals surface area contributed by atoms with Crippen LogP contribution in [0.5, 0.6) is 0 Å². The van der Waals surface area contributed by atoms with Crippen molar-refractivity contribution >= 4 is 17.2 Å². The zero-order valence-electron chi connectivity index (χ0n) is 9.08. The lowest BCUT2D eigenvalue weighted by atomic mass is 10.2. The lowest BCUT2D eigenvalue weighted by Gasteiger charge is -2.05. The van der Waals surface area contributed by atoms with E-state index in [1.807, 2.05) is 0 Å². The van der Waals surface area contributed by atoms with Crippen molar-refractivity contribution in [3.8, 4) is 0 Å². The maximum atomic E-state index is 5.78. The Hall–Kier alpha value is -0.830. The summed E-state index contributed by atoms with van der Waals surface area (Å²) in [6, 6.07) is 4.47. The molecule has 2 nitrogen and oxygen atoms in total. The smallest absolute Gasteiger partial charge is 0.0944 e. The summed E-state index contributed by atoms with van der Waals surface area (Å²) < 4.78 is 0. The summed E-state index contributed by atoms with van der Waals surface area (Å²) in [4.78, 5) is 7.08. The fourth-order valence-corrected chi connectivity index (χ4v) is 2.18. The first-order chi connectivity index (χ1) is 6.63. The Kier molecular flexibility index (Phi) is 4.14. The molecule has 0 spiro atoms. The number of hydrogen-bond acceptors (Lipinski definition) is 2. The summed E-state index contributed by atoms with van der Waals surface area (Å²) in [5, 5.41) is 0. The average molecular weight is 210 g/mol. The highest BCUT2D eigenvalue weighted by Crippen LogP contribution is 2.25. The standard InChI is InChI=1S/C11H18N2S/c1-4-5-11(12)13-9(3)10-7-6-8(2)14-10/h6-7,9H,4-5H2,1-3H3,(H2,12,13). The monoisotopic (exact) mass is 210 g/mol. The van der Waals surface area contributed by atoms with Crippen molar-refractivity contribution in [3.05, 3.63) is 21.9 Å². The third kappa shape index (κ3) is 3.14. The molecule has 1 unspecified atom stereocenters. The van der Waals surface area contributed by atoms with E-state index in [-0.39, 0.29) is 6.04 Å². The van der Waals surface area contributed by atoms with Crippen LogP contribution in [0.1, 0.15) is 42.5 Å². The zero-order valence-corrected chi connectivity index (χ0v) is 9.90. The molecule has 0 aliphatic rings. The number of aliphatic imine (C=N–C) groups is 1. The molecule has 0 aromatic carbocycles. The van der Waals surface area contributed by atoms with Crippen molar-refractivity contribution < 1.29 is 0 Å². The van der Waals surface area contributed by atoms with Gasteiger partial charge in [0.05, 0.1) is 11.9 Å². The predicted octanol–water partition coefficient (Wildman–Crippen LogP) is 3.27. The van der Waals surface area contributed by atoms with Crippen molar-refractivity contribution in [2.45, 2.75) is 39.7 Å². The quantitative estimate of drug-likeness (QED) is 0.601. The third-order valence-electron chi connectivity index (χ3n) is 2.04. The van der Waals surface area contributed by atoms with E-state index in [2.05, 4.69) is 37.9 Å². The van der Waals surface area contributed by atoms with Crippen LogP contribution in [-0.2, 0) is 0 Å². The van der Waals surface area contributed by atoms with Crippen molar-refractivity contribution in [1.29, 1.82) is 0 Å². The SMILES string of the molecule is CCCC(N)=NC(C)c1ccc(C)s1. The molecule has 0 radical (unpaired) electrons. The van der Waals surface area contributed by atoms with Gasteiger partial charge in [-0.1, -0.05) is 6.92 Å². The van der Waals surface area contributed by atoms with Crippen molar-refractivity contribution in [2.24, 2.45) is 10.7 Å². The minimum Gasteiger partial charge on any atom is -0.387 e. The van der Waals surface area contributed by atoms with E-state index in [0.29, 0.717) is 0 Å². The van der Waals surface area contributed by atoms with Crippen LogP contribution in [0.3, 0.4) is 0 Å². The molecular formula is C11H18N2S. The number of rotatable bonds is 4. The first kappa shape index (κ1) is 11.2. The van der Waals surface area contributed by atoms with E-state index in [4.69, 9.17) is 5.73 Å². The molecule has 0 aliphatic heterocycles. The van der Waals surface area contributed by atoms with Gasteiger partial charge in [-0.2, -0.15) is 0 Å². The number of aryl methyl sites for hydroxylation is 1. The molecule has 0 amide bonds. The van der Waals surface area contributed by atoms with Crippen molar-refractivity contribution in [2.75, 3.05) is 0 Å². The van der Waals surface area contributed by atoms with Gasteiger partial charge in [-0.3, -0.25) is 4.99 Å². The van der Waals surface area contributed by atoms with Gasteiger partial charge in [0, 0.05) is 16.2 Å². The number of hydrogen-bond donors (Lipinski definition) is 1. The average Bonchev–Trinajstić information content (AvgIpc) is 2.52. The Morgan fingerprint density at radius 2 is 2.29 bits per heavy atom. The minimum atomic E-state index is 0.209. The zero-order chi connectivity index (χ0) is 10.6. The van der Waals surface area contributed by atoms with Gasteiger partial charge in [-0.15, -0.1) is 11.3 Å². The molecule has 14 heavy (non-hydrogen) atoms. The summed E-state index contributed by atoms with van der Waals surface area (Å²) in [6.45, 7) is 6.32. The third-order valence-corrected chi connectivity index (χ3v) is 3.21. The van der Waals surface area contributed by atoms with Crippen LogP contribution in [0, 0.1) is 6.92 Å². The summed E-state index contributed by atoms with van der Waals surface area (Å²) in [6.07, 6.45) is 1.96. The van der Waals surface area contributed by atoms with E-state index in [9.17, 15) is 0 Å². The van der Waals surface area contributed by atoms with Gasteiger partial charge >= 0.3 is 0 Å². The van der Waals surface area contributed by atoms with Crippen molar-refractivity contribution in [1.82, 2.24) is 0 Å². The molecule has 1 heterocycles. The second-order valence-corrected chi connectivity index (χ2v) is 4.81. The molecule has 0 aliphatic carbocycles. The highest BCUT2D eigenvalue weighted by atomic mass is 32.1. The van der Waals surface area contributed by atoms with E-state index >= 15 is 0 Å². The second kappa shape index (κ2) is 5.15. The number of thiophene rings is 1. The first-order valence-corrected chi connectivity index (χ1v) is 5.83. The molecule has 78 valence electrons. The van der Waals surface area contributed by atoms with Gasteiger partial charge in [0.2, 0.25) is 0 Å². The Morgan fingerprint density at radius 3 is 2.79 bits per heavy atom. The van der Waals surface area contributed by atoms with Crippen LogP contribution in [0.2, 0.25) is 0 Å². The van der Waals surface area contributed by atoms with Crippen LogP contribution >= 0.6 is 11.3 Å². The Bertz CT molecular complexity index is 315. The highest BCUT2D eigenvalue weighted by Gasteiger charge is 2.05. The molecule has 0 saturated heterocycles. The molecule has 0 saturated carbocycles. The molecule has 2 N–H and O–H groups in total. The maximum absolute atomic E-state index is 5.78. The molecule has 1 atom stereocenters. The van der Waals surface area contributed by atoms with Gasteiger partial charge < -0.3 is 5.73 Å². The van der Waals surface area contributed by atoms with E-state index < -0.39 is 0 Å². The van der Waals surface area contributed by atoms with E-state index in [1.165, 1.54) is 9.75 Å². The van der Waals surface area contributed by atoms with Gasteiger partial charge in [0.1, 0.15) is 0 Å². The molecule has 1 aromatic rings. The van der Waals surface area contributed by atoms with Crippen LogP contribution in [0.15, 0.2) is 17.1 Å². The first-order valence-electron chi connectivity index (χ1n) is 5.02. The van der Waals surface area contributed by atoms with Crippen molar-refractivity contribution in [3.63, 3.8) is 0 Å². The summed E-state index contributed by atoms with van der Waals surface area (Å²) in [5.41, 5.74) is 5.78. The fraction of sp³-hybridized carbons (Fsp3) is 0.545. The molecular weight excluding hydrogens is 192 g/mol. The molecule has 0 fully saturated rings. The molecule has 1 rings (SSSR count). The normalized spacial score (nSPS) is 14.4. The second-order valence-electron chi connectivity index (χ2n) is 3.49. The minimum absolute atomic E-state index is 0.209. The van der Waals surface area contributed by atoms with Crippen LogP contribution in [0.25, 0.3) is 0 Å². The van der Waals surface area contributed by atoms with E-state index in [1.54, 1.807) is 11.3 Å². The Morgan fingerprint density at radius 1 is 1.57 bits per heavy atom. The van der Waals surface area contributed by atoms with Crippen LogP contribution in [-0.4, -0.2) is 5.84 Å². The predicted molar refractivity (Wildman–Crippen MR) is 64.0 cm³/mol. The van der Waals surface area contributed by atoms with E-state index in [0.717, 1.165) is 18.7 Å². The van der Waals surface area contributed by atoms with Gasteiger partial charge in [-0.25, -0.2) is 0 Å². The maximum Gasteiger partial charge on any atom is 0.0944 e. The van der Waals surface area contributed by atoms with Crippen LogP contribution < -0.4 is 5.73 Å². The van der Waals surface area contributed by atoms with Gasteiger partial charge in [0.15, 0.2) is 0 Å². The lowest BCUT2D eigenvalue weighted by molar-refractivity contribution is 0.823. The highest BCUT2D eigenvalue weighted by molar-refractivity contribution is 7.12. The summed E-state index contributed by atoms with van der Waals surface area (Å²) >= 11 is 1.79. The largest absolute Gasteiger partial charge is 0.387 e. The fourth-order valence-electron chi connectivity index (χ4n) is 1.31. The lowest BCUT2D eigenvalue weighted by Crippen LogP contribution is -2.12. The van der Waals surface area contributed by atoms with Gasteiger partial charge in [0.25, 0.3) is 0 Å². The summed E-state index contributed by atoms with van der Waals surface area (Å²) in [5.74, 6) is 0.769. The summed E-state index contributed by atoms with van der Waals surface area (Å²) in [7, 11) is 0. The Labute approximate surface area is 89.9 Å². The Balaban J connectivity index is 2.66. The number of nitrogens with zero attached hydrogens (tertiary/aromatic N) is 1. The number of nitrogens with two attached hydrogens (primary N) is 1. The molecule has 3 heteroatoms. The van der Waals surface area contributed by atoms with Gasteiger partial charge in [-0.05, 0) is 32.4 Å². The van der Waals surface area contributed by atoms with Crippen LogP contribution in [0.4, 0.5) is 0 Å². The molecule has 0 bridgehead atoms. The topological polar surface area (TPSA) is 38.4 Å².